The van der Waals surface area contributed by atoms with Crippen LogP contribution in [0, 0.1) is 5.82 Å². The number of benzene rings is 2. The van der Waals surface area contributed by atoms with Crippen LogP contribution in [0.2, 0.25) is 0 Å². The molecule has 2 aromatic rings. The maximum Gasteiger partial charge on any atom is 0.251 e. The van der Waals surface area contributed by atoms with Gasteiger partial charge in [-0.3, -0.25) is 14.4 Å². The van der Waals surface area contributed by atoms with Crippen molar-refractivity contribution in [2.45, 2.75) is 20.3 Å². The van der Waals surface area contributed by atoms with E-state index >= 15 is 0 Å². The fourth-order valence-electron chi connectivity index (χ4n) is 2.42. The van der Waals surface area contributed by atoms with E-state index in [0.717, 1.165) is 0 Å². The molecule has 0 unspecified atom stereocenters. The van der Waals surface area contributed by atoms with Crippen molar-refractivity contribution in [2.75, 3.05) is 17.2 Å². The van der Waals surface area contributed by atoms with Crippen molar-refractivity contribution in [1.82, 2.24) is 5.32 Å². The number of rotatable bonds is 6. The van der Waals surface area contributed by atoms with E-state index in [1.807, 2.05) is 0 Å². The number of halogens is 1. The Kier molecular flexibility index (Phi) is 6.43. The average molecular weight is 357 g/mol. The Morgan fingerprint density at radius 1 is 0.923 bits per heavy atom. The number of amides is 3. The zero-order chi connectivity index (χ0) is 19.1. The number of hydrogen-bond acceptors (Lipinski definition) is 3. The van der Waals surface area contributed by atoms with Crippen LogP contribution < -0.4 is 16.0 Å². The second-order valence-electron chi connectivity index (χ2n) is 5.76. The minimum atomic E-state index is -0.389. The second-order valence-corrected chi connectivity index (χ2v) is 5.76. The summed E-state index contributed by atoms with van der Waals surface area (Å²) in [5.41, 5.74) is 1.57. The van der Waals surface area contributed by atoms with Gasteiger partial charge in [-0.2, -0.15) is 0 Å². The SMILES string of the molecule is CC(=O)Nc1cc(NC(C)=O)cc(C(=O)NCCc2ccccc2F)c1. The summed E-state index contributed by atoms with van der Waals surface area (Å²) in [4.78, 5) is 34.9. The quantitative estimate of drug-likeness (QED) is 0.743. The van der Waals surface area contributed by atoms with Crippen LogP contribution in [-0.2, 0) is 16.0 Å². The molecule has 6 nitrogen and oxygen atoms in total. The molecule has 0 saturated carbocycles. The molecule has 0 atom stereocenters. The molecule has 2 rings (SSSR count). The molecule has 3 N–H and O–H groups in total. The first-order valence-corrected chi connectivity index (χ1v) is 8.07. The summed E-state index contributed by atoms with van der Waals surface area (Å²) in [6.45, 7) is 2.94. The Hall–Kier alpha value is -3.22. The largest absolute Gasteiger partial charge is 0.352 e. The highest BCUT2D eigenvalue weighted by molar-refractivity contribution is 5.99. The molecular weight excluding hydrogens is 337 g/mol. The molecule has 0 aromatic heterocycles. The molecule has 0 heterocycles. The van der Waals surface area contributed by atoms with E-state index < -0.39 is 0 Å². The highest BCUT2D eigenvalue weighted by Gasteiger charge is 2.11. The summed E-state index contributed by atoms with van der Waals surface area (Å²) in [5.74, 6) is -1.30. The third-order valence-electron chi connectivity index (χ3n) is 3.47. The molecule has 136 valence electrons. The summed E-state index contributed by atoms with van der Waals surface area (Å²) >= 11 is 0. The molecule has 2 aromatic carbocycles. The molecule has 3 amide bonds. The van der Waals surface area contributed by atoms with Crippen LogP contribution in [0.15, 0.2) is 42.5 Å². The van der Waals surface area contributed by atoms with Crippen LogP contribution in [0.25, 0.3) is 0 Å². The van der Waals surface area contributed by atoms with Crippen molar-refractivity contribution in [3.8, 4) is 0 Å². The highest BCUT2D eigenvalue weighted by Crippen LogP contribution is 2.19. The molecule has 0 fully saturated rings. The lowest BCUT2D eigenvalue weighted by molar-refractivity contribution is -0.115. The minimum absolute atomic E-state index is 0.250. The monoisotopic (exact) mass is 357 g/mol. The lowest BCUT2D eigenvalue weighted by Crippen LogP contribution is -2.26. The Balaban J connectivity index is 2.09. The Morgan fingerprint density at radius 2 is 1.50 bits per heavy atom. The van der Waals surface area contributed by atoms with E-state index in [2.05, 4.69) is 16.0 Å². The standard InChI is InChI=1S/C19H20FN3O3/c1-12(24)22-16-9-15(10-17(11-16)23-13(2)25)19(26)21-8-7-14-5-3-4-6-18(14)20/h3-6,9-11H,7-8H2,1-2H3,(H,21,26)(H,22,24)(H,23,25). The van der Waals surface area contributed by atoms with Gasteiger partial charge in [-0.15, -0.1) is 0 Å². The van der Waals surface area contributed by atoms with Crippen molar-refractivity contribution in [3.63, 3.8) is 0 Å². The maximum atomic E-state index is 13.6. The molecule has 0 saturated heterocycles. The zero-order valence-electron chi connectivity index (χ0n) is 14.6. The second kappa shape index (κ2) is 8.75. The van der Waals surface area contributed by atoms with Gasteiger partial charge in [-0.25, -0.2) is 4.39 Å². The van der Waals surface area contributed by atoms with E-state index in [1.165, 1.54) is 32.0 Å². The van der Waals surface area contributed by atoms with Gasteiger partial charge in [0.25, 0.3) is 5.91 Å². The molecule has 0 radical (unpaired) electrons. The smallest absolute Gasteiger partial charge is 0.251 e. The Bertz CT molecular complexity index is 802. The third kappa shape index (κ3) is 5.70. The molecule has 0 spiro atoms. The summed E-state index contributed by atoms with van der Waals surface area (Å²) in [5, 5.41) is 7.87. The van der Waals surface area contributed by atoms with Crippen LogP contribution in [0.5, 0.6) is 0 Å². The van der Waals surface area contributed by atoms with Crippen LogP contribution >= 0.6 is 0 Å². The van der Waals surface area contributed by atoms with Crippen LogP contribution in [0.1, 0.15) is 29.8 Å². The molecule has 7 heteroatoms. The third-order valence-corrected chi connectivity index (χ3v) is 3.47. The summed E-state index contributed by atoms with van der Waals surface area (Å²) in [6.07, 6.45) is 0.350. The van der Waals surface area contributed by atoms with Gasteiger partial charge in [0.2, 0.25) is 11.8 Å². The van der Waals surface area contributed by atoms with E-state index in [4.69, 9.17) is 0 Å². The number of carbonyl (C=O) groups excluding carboxylic acids is 3. The van der Waals surface area contributed by atoms with Crippen molar-refractivity contribution < 1.29 is 18.8 Å². The predicted molar refractivity (Wildman–Crippen MR) is 97.5 cm³/mol. The van der Waals surface area contributed by atoms with Crippen molar-refractivity contribution in [1.29, 1.82) is 0 Å². The number of anilines is 2. The van der Waals surface area contributed by atoms with Crippen molar-refractivity contribution >= 4 is 29.1 Å². The van der Waals surface area contributed by atoms with E-state index in [-0.39, 0.29) is 35.6 Å². The van der Waals surface area contributed by atoms with Gasteiger partial charge < -0.3 is 16.0 Å². The number of carbonyl (C=O) groups is 3. The zero-order valence-corrected chi connectivity index (χ0v) is 14.6. The fraction of sp³-hybridized carbons (Fsp3) is 0.211. The predicted octanol–water partition coefficient (Wildman–Crippen LogP) is 2.72. The molecule has 0 aliphatic rings. The molecule has 0 bridgehead atoms. The van der Waals surface area contributed by atoms with E-state index in [1.54, 1.807) is 24.3 Å². The van der Waals surface area contributed by atoms with Crippen molar-refractivity contribution in [3.05, 3.63) is 59.4 Å². The van der Waals surface area contributed by atoms with Gasteiger partial charge in [0.05, 0.1) is 0 Å². The van der Waals surface area contributed by atoms with Gasteiger partial charge in [-0.05, 0) is 36.2 Å². The maximum absolute atomic E-state index is 13.6. The first kappa shape index (κ1) is 19.1. The summed E-state index contributed by atoms with van der Waals surface area (Å²) in [6, 6.07) is 10.9. The van der Waals surface area contributed by atoms with Gasteiger partial charge in [-0.1, -0.05) is 18.2 Å². The van der Waals surface area contributed by atoms with Crippen LogP contribution in [0.4, 0.5) is 15.8 Å². The lowest BCUT2D eigenvalue weighted by Gasteiger charge is -2.11. The summed E-state index contributed by atoms with van der Waals surface area (Å²) < 4.78 is 13.6. The number of nitrogens with one attached hydrogen (secondary N) is 3. The van der Waals surface area contributed by atoms with Gasteiger partial charge in [0.15, 0.2) is 0 Å². The normalized spacial score (nSPS) is 10.1. The topological polar surface area (TPSA) is 87.3 Å². The minimum Gasteiger partial charge on any atom is -0.352 e. The van der Waals surface area contributed by atoms with Crippen LogP contribution in [0.3, 0.4) is 0 Å². The van der Waals surface area contributed by atoms with E-state index in [9.17, 15) is 18.8 Å². The Morgan fingerprint density at radius 3 is 2.04 bits per heavy atom. The number of hydrogen-bond donors (Lipinski definition) is 3. The van der Waals surface area contributed by atoms with Gasteiger partial charge >= 0.3 is 0 Å². The van der Waals surface area contributed by atoms with Crippen molar-refractivity contribution in [2.24, 2.45) is 0 Å². The molecule has 0 aliphatic carbocycles. The Labute approximate surface area is 150 Å². The fourth-order valence-corrected chi connectivity index (χ4v) is 2.42. The first-order chi connectivity index (χ1) is 12.3. The average Bonchev–Trinajstić information content (AvgIpc) is 2.55. The summed E-state index contributed by atoms with van der Waals surface area (Å²) in [7, 11) is 0. The van der Waals surface area contributed by atoms with Crippen LogP contribution in [-0.4, -0.2) is 24.3 Å². The van der Waals surface area contributed by atoms with Gasteiger partial charge in [0.1, 0.15) is 5.82 Å². The first-order valence-electron chi connectivity index (χ1n) is 8.07. The highest BCUT2D eigenvalue weighted by atomic mass is 19.1. The molecule has 0 aliphatic heterocycles. The van der Waals surface area contributed by atoms with E-state index in [0.29, 0.717) is 23.4 Å². The lowest BCUT2D eigenvalue weighted by atomic mass is 10.1. The molecular formula is C19H20FN3O3. The van der Waals surface area contributed by atoms with Gasteiger partial charge in [0, 0.05) is 37.3 Å². The molecule has 26 heavy (non-hydrogen) atoms.